The average molecular weight is 472 g/mol. The van der Waals surface area contributed by atoms with Crippen LogP contribution in [0.2, 0.25) is 0 Å². The SMILES string of the molecule is CCOc1ccc(Br)cc1S(=O)(=O)Nc1ccc(-c2cn3ccccc3n2)cc1. The smallest absolute Gasteiger partial charge is 0.265 e. The molecule has 0 atom stereocenters. The average Bonchev–Trinajstić information content (AvgIpc) is 3.14. The van der Waals surface area contributed by atoms with E-state index in [0.717, 1.165) is 16.9 Å². The second-order valence-electron chi connectivity index (χ2n) is 6.30. The van der Waals surface area contributed by atoms with Crippen LogP contribution < -0.4 is 9.46 Å². The largest absolute Gasteiger partial charge is 0.492 e. The van der Waals surface area contributed by atoms with Crippen LogP contribution in [0, 0.1) is 0 Å². The number of ether oxygens (including phenoxy) is 1. The Morgan fingerprint density at radius 3 is 2.62 bits per heavy atom. The third-order valence-electron chi connectivity index (χ3n) is 4.29. The minimum Gasteiger partial charge on any atom is -0.492 e. The van der Waals surface area contributed by atoms with Crippen LogP contribution in [0.25, 0.3) is 16.9 Å². The van der Waals surface area contributed by atoms with Crippen molar-refractivity contribution in [1.29, 1.82) is 0 Å². The van der Waals surface area contributed by atoms with E-state index in [1.165, 1.54) is 6.07 Å². The van der Waals surface area contributed by atoms with E-state index in [0.29, 0.717) is 22.5 Å². The van der Waals surface area contributed by atoms with Gasteiger partial charge in [0.2, 0.25) is 0 Å². The Labute approximate surface area is 177 Å². The number of anilines is 1. The molecule has 0 aliphatic heterocycles. The Hall–Kier alpha value is -2.84. The molecule has 8 heteroatoms. The van der Waals surface area contributed by atoms with Gasteiger partial charge in [-0.1, -0.05) is 34.1 Å². The number of aromatic nitrogens is 2. The van der Waals surface area contributed by atoms with Crippen molar-refractivity contribution in [3.05, 3.63) is 77.5 Å². The normalized spacial score (nSPS) is 11.5. The molecule has 4 rings (SSSR count). The van der Waals surface area contributed by atoms with Crippen molar-refractivity contribution in [2.45, 2.75) is 11.8 Å². The van der Waals surface area contributed by atoms with Crippen LogP contribution in [0.1, 0.15) is 6.92 Å². The van der Waals surface area contributed by atoms with Crippen LogP contribution in [0.5, 0.6) is 5.75 Å². The molecule has 1 N–H and O–H groups in total. The molecule has 4 aromatic rings. The zero-order chi connectivity index (χ0) is 20.4. The first-order valence-electron chi connectivity index (χ1n) is 8.95. The Balaban J connectivity index is 1.61. The third-order valence-corrected chi connectivity index (χ3v) is 6.19. The number of benzene rings is 2. The van der Waals surface area contributed by atoms with Crippen LogP contribution in [0.3, 0.4) is 0 Å². The molecule has 0 unspecified atom stereocenters. The van der Waals surface area contributed by atoms with Crippen molar-refractivity contribution >= 4 is 37.3 Å². The number of fused-ring (bicyclic) bond motifs is 1. The van der Waals surface area contributed by atoms with E-state index in [9.17, 15) is 8.42 Å². The first-order valence-corrected chi connectivity index (χ1v) is 11.2. The molecule has 0 fully saturated rings. The van der Waals surface area contributed by atoms with Crippen molar-refractivity contribution < 1.29 is 13.2 Å². The molecule has 0 amide bonds. The molecule has 2 aromatic heterocycles. The number of pyridine rings is 1. The fourth-order valence-corrected chi connectivity index (χ4v) is 4.70. The van der Waals surface area contributed by atoms with E-state index >= 15 is 0 Å². The summed E-state index contributed by atoms with van der Waals surface area (Å²) in [4.78, 5) is 4.66. The summed E-state index contributed by atoms with van der Waals surface area (Å²) in [7, 11) is -3.81. The summed E-state index contributed by atoms with van der Waals surface area (Å²) >= 11 is 3.32. The predicted molar refractivity (Wildman–Crippen MR) is 117 cm³/mol. The summed E-state index contributed by atoms with van der Waals surface area (Å²) in [6.45, 7) is 2.18. The molecule has 29 heavy (non-hydrogen) atoms. The van der Waals surface area contributed by atoms with Crippen molar-refractivity contribution in [1.82, 2.24) is 9.38 Å². The first kappa shape index (κ1) is 19.5. The molecule has 6 nitrogen and oxygen atoms in total. The van der Waals surface area contributed by atoms with Crippen LogP contribution in [0.15, 0.2) is 82.4 Å². The lowest BCUT2D eigenvalue weighted by molar-refractivity contribution is 0.331. The minimum absolute atomic E-state index is 0.0816. The number of halogens is 1. The number of hydrogen-bond acceptors (Lipinski definition) is 4. The number of imidazole rings is 1. The molecule has 0 radical (unpaired) electrons. The standard InChI is InChI=1S/C21H18BrN3O3S/c1-2-28-19-11-8-16(22)13-20(19)29(26,27)24-17-9-6-15(7-10-17)18-14-25-12-4-3-5-21(25)23-18/h3-14,24H,2H2,1H3. The highest BCUT2D eigenvalue weighted by atomic mass is 79.9. The fraction of sp³-hybridized carbons (Fsp3) is 0.0952. The van der Waals surface area contributed by atoms with E-state index in [4.69, 9.17) is 4.74 Å². The van der Waals surface area contributed by atoms with Gasteiger partial charge in [0.25, 0.3) is 10.0 Å². The molecular formula is C21H18BrN3O3S. The first-order chi connectivity index (χ1) is 14.0. The number of hydrogen-bond donors (Lipinski definition) is 1. The highest BCUT2D eigenvalue weighted by Crippen LogP contribution is 2.30. The number of rotatable bonds is 6. The maximum Gasteiger partial charge on any atom is 0.265 e. The van der Waals surface area contributed by atoms with Crippen molar-refractivity contribution in [2.24, 2.45) is 0 Å². The van der Waals surface area contributed by atoms with Crippen molar-refractivity contribution in [3.8, 4) is 17.0 Å². The third kappa shape index (κ3) is 4.13. The lowest BCUT2D eigenvalue weighted by atomic mass is 10.1. The van der Waals surface area contributed by atoms with Gasteiger partial charge in [0.15, 0.2) is 0 Å². The molecule has 0 saturated carbocycles. The van der Waals surface area contributed by atoms with Gasteiger partial charge >= 0.3 is 0 Å². The topological polar surface area (TPSA) is 72.7 Å². The van der Waals surface area contributed by atoms with Gasteiger partial charge in [0, 0.05) is 28.1 Å². The van der Waals surface area contributed by atoms with Gasteiger partial charge in [0.1, 0.15) is 16.3 Å². The molecule has 0 saturated heterocycles. The van der Waals surface area contributed by atoms with Crippen molar-refractivity contribution in [3.63, 3.8) is 0 Å². The Morgan fingerprint density at radius 2 is 1.90 bits per heavy atom. The number of sulfonamides is 1. The molecule has 0 aliphatic carbocycles. The van der Waals surface area contributed by atoms with Gasteiger partial charge in [-0.15, -0.1) is 0 Å². The van der Waals surface area contributed by atoms with Gasteiger partial charge in [-0.25, -0.2) is 13.4 Å². The second-order valence-corrected chi connectivity index (χ2v) is 8.87. The highest BCUT2D eigenvalue weighted by Gasteiger charge is 2.20. The summed E-state index contributed by atoms with van der Waals surface area (Å²) in [6, 6.07) is 17.8. The zero-order valence-corrected chi connectivity index (χ0v) is 17.9. The molecular weight excluding hydrogens is 454 g/mol. The van der Waals surface area contributed by atoms with Crippen LogP contribution >= 0.6 is 15.9 Å². The van der Waals surface area contributed by atoms with Gasteiger partial charge in [-0.3, -0.25) is 4.72 Å². The molecule has 0 bridgehead atoms. The van der Waals surface area contributed by atoms with E-state index in [1.54, 1.807) is 24.3 Å². The van der Waals surface area contributed by atoms with Crippen LogP contribution in [-0.2, 0) is 10.0 Å². The molecule has 0 aliphatic rings. The number of nitrogens with one attached hydrogen (secondary N) is 1. The van der Waals surface area contributed by atoms with Gasteiger partial charge < -0.3 is 9.14 Å². The van der Waals surface area contributed by atoms with Gasteiger partial charge in [0.05, 0.1) is 12.3 Å². The molecule has 2 heterocycles. The van der Waals surface area contributed by atoms with Crippen LogP contribution in [-0.4, -0.2) is 24.4 Å². The summed E-state index contributed by atoms with van der Waals surface area (Å²) < 4.78 is 36.5. The van der Waals surface area contributed by atoms with E-state index in [-0.39, 0.29) is 4.90 Å². The van der Waals surface area contributed by atoms with Crippen LogP contribution in [0.4, 0.5) is 5.69 Å². The van der Waals surface area contributed by atoms with Gasteiger partial charge in [-0.05, 0) is 49.4 Å². The molecule has 148 valence electrons. The monoisotopic (exact) mass is 471 g/mol. The van der Waals surface area contributed by atoms with E-state index < -0.39 is 10.0 Å². The fourth-order valence-electron chi connectivity index (χ4n) is 2.96. The minimum atomic E-state index is -3.81. The summed E-state index contributed by atoms with van der Waals surface area (Å²) in [5.74, 6) is 0.310. The maximum absolute atomic E-state index is 12.9. The number of nitrogens with zero attached hydrogens (tertiary/aromatic N) is 2. The van der Waals surface area contributed by atoms with Crippen molar-refractivity contribution in [2.75, 3.05) is 11.3 Å². The van der Waals surface area contributed by atoms with Gasteiger partial charge in [-0.2, -0.15) is 0 Å². The zero-order valence-electron chi connectivity index (χ0n) is 15.5. The maximum atomic E-state index is 12.9. The summed E-state index contributed by atoms with van der Waals surface area (Å²) in [5.41, 5.74) is 3.02. The summed E-state index contributed by atoms with van der Waals surface area (Å²) in [5, 5.41) is 0. The highest BCUT2D eigenvalue weighted by molar-refractivity contribution is 9.10. The summed E-state index contributed by atoms with van der Waals surface area (Å²) in [6.07, 6.45) is 3.87. The Kier molecular flexibility index (Phi) is 5.29. The quantitative estimate of drug-likeness (QED) is 0.431. The lowest BCUT2D eigenvalue weighted by Crippen LogP contribution is -2.14. The predicted octanol–water partition coefficient (Wildman–Crippen LogP) is 4.96. The van der Waals surface area contributed by atoms with E-state index in [1.807, 2.05) is 54.0 Å². The second kappa shape index (κ2) is 7.88. The Bertz CT molecular complexity index is 1240. The Morgan fingerprint density at radius 1 is 1.10 bits per heavy atom. The van der Waals surface area contributed by atoms with E-state index in [2.05, 4.69) is 25.6 Å². The molecule has 0 spiro atoms. The lowest BCUT2D eigenvalue weighted by Gasteiger charge is -2.13. The molecule has 2 aromatic carbocycles.